The van der Waals surface area contributed by atoms with Crippen LogP contribution in [0.25, 0.3) is 0 Å². The second kappa shape index (κ2) is 9.80. The topological polar surface area (TPSA) is 32.3 Å². The summed E-state index contributed by atoms with van der Waals surface area (Å²) in [6, 6.07) is 0.529. The largest absolute Gasteiger partial charge is 0.392 e. The van der Waals surface area contributed by atoms with E-state index in [-0.39, 0.29) is 11.5 Å². The van der Waals surface area contributed by atoms with E-state index >= 15 is 0 Å². The van der Waals surface area contributed by atoms with Gasteiger partial charge in [-0.3, -0.25) is 0 Å². The van der Waals surface area contributed by atoms with Crippen LogP contribution in [-0.2, 0) is 0 Å². The Morgan fingerprint density at radius 3 is 2.22 bits per heavy atom. The maximum absolute atomic E-state index is 9.91. The van der Waals surface area contributed by atoms with E-state index in [0.717, 1.165) is 13.0 Å². The van der Waals surface area contributed by atoms with Crippen molar-refractivity contribution in [3.8, 4) is 0 Å². The first-order valence-electron chi connectivity index (χ1n) is 7.76. The lowest BCUT2D eigenvalue weighted by Crippen LogP contribution is -2.35. The van der Waals surface area contributed by atoms with Gasteiger partial charge in [0.05, 0.1) is 6.10 Å². The summed E-state index contributed by atoms with van der Waals surface area (Å²) >= 11 is 0. The van der Waals surface area contributed by atoms with Gasteiger partial charge in [0.1, 0.15) is 0 Å². The van der Waals surface area contributed by atoms with Crippen LogP contribution in [0.3, 0.4) is 0 Å². The van der Waals surface area contributed by atoms with E-state index in [1.807, 2.05) is 0 Å². The number of unbranched alkanes of at least 4 members (excludes halogenated alkanes) is 4. The van der Waals surface area contributed by atoms with Crippen LogP contribution in [-0.4, -0.2) is 23.8 Å². The van der Waals surface area contributed by atoms with Gasteiger partial charge in [-0.1, -0.05) is 59.8 Å². The Balaban J connectivity index is 3.49. The molecule has 0 aromatic heterocycles. The summed E-state index contributed by atoms with van der Waals surface area (Å²) in [5.41, 5.74) is 0.213. The third-order valence-electron chi connectivity index (χ3n) is 3.29. The van der Waals surface area contributed by atoms with Gasteiger partial charge in [-0.2, -0.15) is 0 Å². The Hall–Kier alpha value is -0.0800. The second-order valence-electron chi connectivity index (χ2n) is 6.93. The Bertz CT molecular complexity index is 186. The summed E-state index contributed by atoms with van der Waals surface area (Å²) < 4.78 is 0. The van der Waals surface area contributed by atoms with Gasteiger partial charge in [0.15, 0.2) is 0 Å². The molecule has 0 aliphatic carbocycles. The first-order valence-corrected chi connectivity index (χ1v) is 7.76. The van der Waals surface area contributed by atoms with Crippen LogP contribution >= 0.6 is 0 Å². The Kier molecular flexibility index (Phi) is 9.76. The monoisotopic (exact) mass is 257 g/mol. The fraction of sp³-hybridized carbons (Fsp3) is 1.00. The van der Waals surface area contributed by atoms with Gasteiger partial charge >= 0.3 is 0 Å². The summed E-state index contributed by atoms with van der Waals surface area (Å²) in [4.78, 5) is 0. The molecule has 0 aromatic rings. The fourth-order valence-electron chi connectivity index (χ4n) is 2.27. The third kappa shape index (κ3) is 12.4. The smallest absolute Gasteiger partial charge is 0.0669 e. The summed E-state index contributed by atoms with van der Waals surface area (Å²) in [6.07, 6.45) is 8.59. The molecule has 2 atom stereocenters. The number of rotatable bonds is 10. The van der Waals surface area contributed by atoms with Crippen molar-refractivity contribution < 1.29 is 5.11 Å². The quantitative estimate of drug-likeness (QED) is 0.577. The molecule has 0 fully saturated rings. The molecule has 0 rings (SSSR count). The van der Waals surface area contributed by atoms with E-state index in [1.54, 1.807) is 0 Å². The lowest BCUT2D eigenvalue weighted by molar-refractivity contribution is 0.116. The second-order valence-corrected chi connectivity index (χ2v) is 6.93. The van der Waals surface area contributed by atoms with Crippen molar-refractivity contribution in [1.29, 1.82) is 0 Å². The van der Waals surface area contributed by atoms with Crippen molar-refractivity contribution >= 4 is 0 Å². The number of hydrogen-bond donors (Lipinski definition) is 2. The fourth-order valence-corrected chi connectivity index (χ4v) is 2.27. The molecule has 0 amide bonds. The highest BCUT2D eigenvalue weighted by molar-refractivity contribution is 4.71. The van der Waals surface area contributed by atoms with Gasteiger partial charge < -0.3 is 10.4 Å². The molecular formula is C16H35NO. The van der Waals surface area contributed by atoms with Crippen molar-refractivity contribution in [2.45, 2.75) is 91.7 Å². The Labute approximate surface area is 115 Å². The summed E-state index contributed by atoms with van der Waals surface area (Å²) in [5, 5.41) is 13.4. The molecule has 0 saturated heterocycles. The van der Waals surface area contributed by atoms with Gasteiger partial charge in [-0.25, -0.2) is 0 Å². The molecule has 18 heavy (non-hydrogen) atoms. The minimum absolute atomic E-state index is 0.213. The molecule has 2 N–H and O–H groups in total. The molecule has 0 saturated carbocycles. The van der Waals surface area contributed by atoms with Crippen LogP contribution in [0.2, 0.25) is 0 Å². The molecule has 2 heteroatoms. The van der Waals surface area contributed by atoms with Crippen molar-refractivity contribution in [2.24, 2.45) is 5.41 Å². The molecule has 0 aliphatic heterocycles. The standard InChI is InChI=1S/C16H35NO/c1-6-7-8-9-10-11-14(2)17-13-15(18)12-16(3,4)5/h14-15,17-18H,6-13H2,1-5H3. The first kappa shape index (κ1) is 17.9. The average molecular weight is 257 g/mol. The third-order valence-corrected chi connectivity index (χ3v) is 3.29. The lowest BCUT2D eigenvalue weighted by Gasteiger charge is -2.24. The molecule has 110 valence electrons. The van der Waals surface area contributed by atoms with Crippen LogP contribution < -0.4 is 5.32 Å². The van der Waals surface area contributed by atoms with Gasteiger partial charge in [0.2, 0.25) is 0 Å². The van der Waals surface area contributed by atoms with Crippen molar-refractivity contribution in [3.05, 3.63) is 0 Å². The van der Waals surface area contributed by atoms with Gasteiger partial charge in [-0.05, 0) is 25.2 Å². The van der Waals surface area contributed by atoms with Crippen LogP contribution in [0.4, 0.5) is 0 Å². The van der Waals surface area contributed by atoms with E-state index in [4.69, 9.17) is 0 Å². The molecular weight excluding hydrogens is 222 g/mol. The molecule has 0 heterocycles. The molecule has 0 aliphatic rings. The summed E-state index contributed by atoms with van der Waals surface area (Å²) in [7, 11) is 0. The van der Waals surface area contributed by atoms with Crippen LogP contribution in [0.15, 0.2) is 0 Å². The zero-order valence-corrected chi connectivity index (χ0v) is 13.3. The highest BCUT2D eigenvalue weighted by atomic mass is 16.3. The minimum Gasteiger partial charge on any atom is -0.392 e. The number of nitrogens with one attached hydrogen (secondary N) is 1. The summed E-state index contributed by atoms with van der Waals surface area (Å²) in [5.74, 6) is 0. The number of aliphatic hydroxyl groups is 1. The molecule has 0 aromatic carbocycles. The van der Waals surface area contributed by atoms with Gasteiger partial charge in [0.25, 0.3) is 0 Å². The minimum atomic E-state index is -0.215. The Morgan fingerprint density at radius 1 is 1.06 bits per heavy atom. The maximum atomic E-state index is 9.91. The van der Waals surface area contributed by atoms with Crippen LogP contribution in [0.5, 0.6) is 0 Å². The number of aliphatic hydroxyl groups excluding tert-OH is 1. The predicted molar refractivity (Wildman–Crippen MR) is 80.9 cm³/mol. The van der Waals surface area contributed by atoms with E-state index in [1.165, 1.54) is 38.5 Å². The summed E-state index contributed by atoms with van der Waals surface area (Å²) in [6.45, 7) is 11.7. The number of hydrogen-bond acceptors (Lipinski definition) is 2. The van der Waals surface area contributed by atoms with E-state index in [0.29, 0.717) is 6.04 Å². The molecule has 2 nitrogen and oxygen atoms in total. The van der Waals surface area contributed by atoms with Crippen LogP contribution in [0, 0.1) is 5.41 Å². The predicted octanol–water partition coefficient (Wildman–Crippen LogP) is 4.12. The molecule has 2 unspecified atom stereocenters. The zero-order valence-electron chi connectivity index (χ0n) is 13.3. The Morgan fingerprint density at radius 2 is 1.67 bits per heavy atom. The SMILES string of the molecule is CCCCCCCC(C)NCC(O)CC(C)(C)C. The van der Waals surface area contributed by atoms with Crippen LogP contribution in [0.1, 0.15) is 79.6 Å². The highest BCUT2D eigenvalue weighted by Gasteiger charge is 2.16. The van der Waals surface area contributed by atoms with Crippen molar-refractivity contribution in [1.82, 2.24) is 5.32 Å². The van der Waals surface area contributed by atoms with Gasteiger partial charge in [-0.15, -0.1) is 0 Å². The van der Waals surface area contributed by atoms with Gasteiger partial charge in [0, 0.05) is 12.6 Å². The average Bonchev–Trinajstić information content (AvgIpc) is 2.24. The van der Waals surface area contributed by atoms with E-state index < -0.39 is 0 Å². The van der Waals surface area contributed by atoms with E-state index in [9.17, 15) is 5.11 Å². The highest BCUT2D eigenvalue weighted by Crippen LogP contribution is 2.20. The molecule has 0 spiro atoms. The van der Waals surface area contributed by atoms with Crippen molar-refractivity contribution in [2.75, 3.05) is 6.54 Å². The molecule has 0 bridgehead atoms. The molecule has 0 radical (unpaired) electrons. The first-order chi connectivity index (χ1) is 8.35. The normalized spacial score (nSPS) is 15.7. The lowest BCUT2D eigenvalue weighted by atomic mass is 9.89. The van der Waals surface area contributed by atoms with E-state index in [2.05, 4.69) is 39.9 Å². The maximum Gasteiger partial charge on any atom is 0.0669 e. The zero-order chi connectivity index (χ0) is 14.0. The van der Waals surface area contributed by atoms with Crippen molar-refractivity contribution in [3.63, 3.8) is 0 Å².